The zero-order valence-corrected chi connectivity index (χ0v) is 15.9. The highest BCUT2D eigenvalue weighted by Gasteiger charge is 2.42. The van der Waals surface area contributed by atoms with E-state index in [4.69, 9.17) is 9.15 Å². The molecule has 2 aromatic heterocycles. The van der Waals surface area contributed by atoms with Gasteiger partial charge in [-0.2, -0.15) is 0 Å². The van der Waals surface area contributed by atoms with Crippen molar-refractivity contribution in [3.05, 3.63) is 66.0 Å². The van der Waals surface area contributed by atoms with E-state index < -0.39 is 0 Å². The summed E-state index contributed by atoms with van der Waals surface area (Å²) in [4.78, 5) is 19.2. The molecule has 1 aromatic carbocycles. The zero-order valence-electron chi connectivity index (χ0n) is 15.9. The van der Waals surface area contributed by atoms with Gasteiger partial charge < -0.3 is 18.6 Å². The van der Waals surface area contributed by atoms with Gasteiger partial charge in [0.15, 0.2) is 0 Å². The van der Waals surface area contributed by atoms with Gasteiger partial charge in [-0.25, -0.2) is 4.98 Å². The van der Waals surface area contributed by atoms with Gasteiger partial charge in [0.1, 0.15) is 18.7 Å². The molecule has 2 aliphatic heterocycles. The summed E-state index contributed by atoms with van der Waals surface area (Å²) in [6.07, 6.45) is 6.70. The fraction of sp³-hybridized carbons (Fsp3) is 0.364. The minimum Gasteiger partial charge on any atom is -0.472 e. The van der Waals surface area contributed by atoms with Crippen molar-refractivity contribution in [3.63, 3.8) is 0 Å². The summed E-state index contributed by atoms with van der Waals surface area (Å²) < 4.78 is 13.4. The van der Waals surface area contributed by atoms with Crippen LogP contribution in [-0.2, 0) is 16.9 Å². The topological polar surface area (TPSA) is 60.5 Å². The van der Waals surface area contributed by atoms with Gasteiger partial charge >= 0.3 is 0 Å². The maximum atomic E-state index is 12.7. The van der Waals surface area contributed by atoms with E-state index in [9.17, 15) is 4.79 Å². The van der Waals surface area contributed by atoms with Crippen LogP contribution in [0.1, 0.15) is 34.6 Å². The molecule has 6 nitrogen and oxygen atoms in total. The fourth-order valence-electron chi connectivity index (χ4n) is 4.41. The SMILES string of the molecule is Cc1ccc(-c2cnc3n2C2(CCN(C(=O)c4ccoc4)CC2)COC3)cc1. The highest BCUT2D eigenvalue weighted by molar-refractivity contribution is 5.93. The number of ether oxygens (including phenoxy) is 1. The number of hydrogen-bond donors (Lipinski definition) is 0. The van der Waals surface area contributed by atoms with Crippen LogP contribution in [0.5, 0.6) is 0 Å². The van der Waals surface area contributed by atoms with E-state index in [2.05, 4.69) is 40.7 Å². The molecular formula is C22H23N3O3. The zero-order chi connectivity index (χ0) is 19.1. The van der Waals surface area contributed by atoms with Crippen LogP contribution in [0.3, 0.4) is 0 Å². The molecule has 6 heteroatoms. The second-order valence-electron chi connectivity index (χ2n) is 7.78. The number of fused-ring (bicyclic) bond motifs is 2. The predicted molar refractivity (Wildman–Crippen MR) is 104 cm³/mol. The molecule has 0 radical (unpaired) electrons. The summed E-state index contributed by atoms with van der Waals surface area (Å²) in [6.45, 7) is 4.67. The lowest BCUT2D eigenvalue weighted by molar-refractivity contribution is -0.0275. The van der Waals surface area contributed by atoms with Crippen LogP contribution in [0.25, 0.3) is 11.3 Å². The predicted octanol–water partition coefficient (Wildman–Crippen LogP) is 3.61. The average Bonchev–Trinajstić information content (AvgIpc) is 3.40. The highest BCUT2D eigenvalue weighted by atomic mass is 16.5. The quantitative estimate of drug-likeness (QED) is 0.684. The molecule has 144 valence electrons. The molecule has 0 unspecified atom stereocenters. The summed E-state index contributed by atoms with van der Waals surface area (Å²) in [5, 5.41) is 0. The number of rotatable bonds is 2. The molecule has 1 fully saturated rings. The monoisotopic (exact) mass is 377 g/mol. The first kappa shape index (κ1) is 17.3. The van der Waals surface area contributed by atoms with Gasteiger partial charge in [-0.3, -0.25) is 4.79 Å². The minimum atomic E-state index is -0.155. The molecule has 5 rings (SSSR count). The van der Waals surface area contributed by atoms with E-state index in [0.717, 1.165) is 24.4 Å². The lowest BCUT2D eigenvalue weighted by Crippen LogP contribution is -2.52. The van der Waals surface area contributed by atoms with Gasteiger partial charge in [0.2, 0.25) is 0 Å². The first-order valence-corrected chi connectivity index (χ1v) is 9.70. The second kappa shape index (κ2) is 6.63. The van der Waals surface area contributed by atoms with Gasteiger partial charge in [0.25, 0.3) is 5.91 Å². The molecule has 1 amide bonds. The number of hydrogen-bond acceptors (Lipinski definition) is 4. The number of aromatic nitrogens is 2. The Bertz CT molecular complexity index is 981. The van der Waals surface area contributed by atoms with E-state index in [0.29, 0.717) is 31.9 Å². The maximum absolute atomic E-state index is 12.7. The van der Waals surface area contributed by atoms with Crippen LogP contribution in [-0.4, -0.2) is 40.1 Å². The van der Waals surface area contributed by atoms with E-state index >= 15 is 0 Å². The highest BCUT2D eigenvalue weighted by Crippen LogP contribution is 2.39. The third kappa shape index (κ3) is 2.76. The number of carbonyl (C=O) groups excluding carboxylic acids is 1. The summed E-state index contributed by atoms with van der Waals surface area (Å²) in [5.41, 5.74) is 4.00. The number of furan rings is 1. The largest absolute Gasteiger partial charge is 0.472 e. The molecule has 0 saturated carbocycles. The lowest BCUT2D eigenvalue weighted by Gasteiger charge is -2.46. The smallest absolute Gasteiger partial charge is 0.257 e. The third-order valence-electron chi connectivity index (χ3n) is 6.01. The van der Waals surface area contributed by atoms with Crippen molar-refractivity contribution in [2.24, 2.45) is 0 Å². The van der Waals surface area contributed by atoms with Crippen LogP contribution in [0.2, 0.25) is 0 Å². The molecule has 4 heterocycles. The first-order valence-electron chi connectivity index (χ1n) is 9.70. The molecule has 3 aromatic rings. The Morgan fingerprint density at radius 1 is 1.14 bits per heavy atom. The molecule has 2 aliphatic rings. The Hall–Kier alpha value is -2.86. The van der Waals surface area contributed by atoms with Crippen LogP contribution in [0.15, 0.2) is 53.5 Å². The summed E-state index contributed by atoms with van der Waals surface area (Å²) in [7, 11) is 0. The summed E-state index contributed by atoms with van der Waals surface area (Å²) in [5.74, 6) is 1.00. The average molecular weight is 377 g/mol. The number of benzene rings is 1. The molecule has 0 atom stereocenters. The van der Waals surface area contributed by atoms with E-state index in [1.807, 2.05) is 11.1 Å². The number of imidazole rings is 1. The lowest BCUT2D eigenvalue weighted by atomic mass is 9.86. The number of amides is 1. The Kier molecular flexibility index (Phi) is 4.09. The number of likely N-dealkylation sites (tertiary alicyclic amines) is 1. The summed E-state index contributed by atoms with van der Waals surface area (Å²) >= 11 is 0. The van der Waals surface area contributed by atoms with Crippen molar-refractivity contribution >= 4 is 5.91 Å². The van der Waals surface area contributed by atoms with Crippen molar-refractivity contribution < 1.29 is 13.9 Å². The third-order valence-corrected chi connectivity index (χ3v) is 6.01. The van der Waals surface area contributed by atoms with Gasteiger partial charge in [0, 0.05) is 13.1 Å². The van der Waals surface area contributed by atoms with Crippen molar-refractivity contribution in [3.8, 4) is 11.3 Å². The Labute approximate surface area is 163 Å². The fourth-order valence-corrected chi connectivity index (χ4v) is 4.41. The maximum Gasteiger partial charge on any atom is 0.257 e. The van der Waals surface area contributed by atoms with Crippen LogP contribution in [0.4, 0.5) is 0 Å². The molecular weight excluding hydrogens is 354 g/mol. The number of carbonyl (C=O) groups is 1. The van der Waals surface area contributed by atoms with Crippen molar-refractivity contribution in [2.45, 2.75) is 31.9 Å². The molecule has 1 spiro atoms. The standard InChI is InChI=1S/C22H23N3O3/c1-16-2-4-17(5-3-16)19-12-23-20-14-28-15-22(25(19)20)7-9-24(10-8-22)21(26)18-6-11-27-13-18/h2-6,11-13H,7-10,14-15H2,1H3. The Balaban J connectivity index is 1.45. The number of nitrogens with zero attached hydrogens (tertiary/aromatic N) is 3. The van der Waals surface area contributed by atoms with Gasteiger partial charge in [-0.15, -0.1) is 0 Å². The molecule has 0 aliphatic carbocycles. The van der Waals surface area contributed by atoms with Gasteiger partial charge in [-0.05, 0) is 31.4 Å². The second-order valence-corrected chi connectivity index (χ2v) is 7.78. The normalized spacial score (nSPS) is 18.2. The minimum absolute atomic E-state index is 0.0324. The van der Waals surface area contributed by atoms with Crippen LogP contribution in [0, 0.1) is 6.92 Å². The van der Waals surface area contributed by atoms with E-state index in [1.54, 1.807) is 12.3 Å². The van der Waals surface area contributed by atoms with Gasteiger partial charge in [-0.1, -0.05) is 29.8 Å². The van der Waals surface area contributed by atoms with E-state index in [1.165, 1.54) is 17.4 Å². The molecule has 28 heavy (non-hydrogen) atoms. The first-order chi connectivity index (χ1) is 13.7. The van der Waals surface area contributed by atoms with E-state index in [-0.39, 0.29) is 11.4 Å². The van der Waals surface area contributed by atoms with Gasteiger partial charge in [0.05, 0.1) is 35.9 Å². The van der Waals surface area contributed by atoms with Crippen molar-refractivity contribution in [2.75, 3.05) is 19.7 Å². The van der Waals surface area contributed by atoms with Crippen LogP contribution >= 0.6 is 0 Å². The van der Waals surface area contributed by atoms with Crippen LogP contribution < -0.4 is 0 Å². The van der Waals surface area contributed by atoms with Crippen molar-refractivity contribution in [1.82, 2.24) is 14.5 Å². The number of aryl methyl sites for hydroxylation is 1. The molecule has 0 bridgehead atoms. The van der Waals surface area contributed by atoms with Crippen molar-refractivity contribution in [1.29, 1.82) is 0 Å². The Morgan fingerprint density at radius 3 is 2.64 bits per heavy atom. The Morgan fingerprint density at radius 2 is 1.93 bits per heavy atom. The number of piperidine rings is 1. The molecule has 0 N–H and O–H groups in total. The molecule has 1 saturated heterocycles. The summed E-state index contributed by atoms with van der Waals surface area (Å²) in [6, 6.07) is 10.3.